The van der Waals surface area contributed by atoms with Gasteiger partial charge < -0.3 is 5.11 Å². The van der Waals surface area contributed by atoms with Gasteiger partial charge in [0.2, 0.25) is 0 Å². The van der Waals surface area contributed by atoms with Gasteiger partial charge in [-0.25, -0.2) is 0 Å². The summed E-state index contributed by atoms with van der Waals surface area (Å²) in [5.74, 6) is 0. The van der Waals surface area contributed by atoms with Gasteiger partial charge in [-0.15, -0.1) is 5.60 Å². The predicted molar refractivity (Wildman–Crippen MR) is 47.4 cm³/mol. The van der Waals surface area contributed by atoms with Crippen LogP contribution in [-0.4, -0.2) is 5.60 Å². The molecule has 0 amide bonds. The van der Waals surface area contributed by atoms with Gasteiger partial charge in [-0.3, -0.25) is 0 Å². The van der Waals surface area contributed by atoms with Gasteiger partial charge >= 0.3 is 18.9 Å². The summed E-state index contributed by atoms with van der Waals surface area (Å²) >= 11 is 0. The quantitative estimate of drug-likeness (QED) is 0.394. The summed E-state index contributed by atoms with van der Waals surface area (Å²) in [6.07, 6.45) is 4.54. The SMILES string of the molecule is CCC(C)([O-])CCC=C(C)C.[Li+]. The molecule has 0 saturated heterocycles. The Hall–Kier alpha value is 0.297. The van der Waals surface area contributed by atoms with Crippen molar-refractivity contribution in [2.45, 2.75) is 52.6 Å². The standard InChI is InChI=1S/C10H19O.Li/c1-5-10(4,11)8-6-7-9(2)3;/h7H,5-6,8H2,1-4H3;/q-1;+1. The van der Waals surface area contributed by atoms with Crippen LogP contribution in [0.1, 0.15) is 47.0 Å². The van der Waals surface area contributed by atoms with Gasteiger partial charge in [0.25, 0.3) is 0 Å². The van der Waals surface area contributed by atoms with E-state index in [-0.39, 0.29) is 18.9 Å². The molecule has 0 N–H and O–H groups in total. The molecule has 0 aromatic carbocycles. The summed E-state index contributed by atoms with van der Waals surface area (Å²) in [5, 5.41) is 11.4. The number of hydrogen-bond acceptors (Lipinski definition) is 1. The summed E-state index contributed by atoms with van der Waals surface area (Å²) in [7, 11) is 0. The van der Waals surface area contributed by atoms with E-state index in [1.54, 1.807) is 6.92 Å². The summed E-state index contributed by atoms with van der Waals surface area (Å²) in [5.41, 5.74) is 0.586. The Kier molecular flexibility index (Phi) is 8.36. The fourth-order valence-electron chi connectivity index (χ4n) is 0.843. The van der Waals surface area contributed by atoms with E-state index in [0.29, 0.717) is 0 Å². The molecule has 0 heterocycles. The van der Waals surface area contributed by atoms with Crippen molar-refractivity contribution in [1.29, 1.82) is 0 Å². The molecule has 0 bridgehead atoms. The van der Waals surface area contributed by atoms with Crippen LogP contribution < -0.4 is 24.0 Å². The van der Waals surface area contributed by atoms with Gasteiger partial charge in [0.05, 0.1) is 0 Å². The molecule has 0 aliphatic rings. The van der Waals surface area contributed by atoms with Crippen LogP contribution >= 0.6 is 0 Å². The average Bonchev–Trinajstić information content (AvgIpc) is 1.87. The molecule has 0 fully saturated rings. The van der Waals surface area contributed by atoms with E-state index in [1.807, 2.05) is 6.92 Å². The first-order chi connectivity index (χ1) is 4.98. The van der Waals surface area contributed by atoms with Gasteiger partial charge in [0.1, 0.15) is 0 Å². The Labute approximate surface area is 88.4 Å². The zero-order valence-corrected chi connectivity index (χ0v) is 9.11. The van der Waals surface area contributed by atoms with Crippen molar-refractivity contribution in [2.75, 3.05) is 0 Å². The number of allylic oxidation sites excluding steroid dienone is 2. The molecular weight excluding hydrogens is 143 g/mol. The number of hydrogen-bond donors (Lipinski definition) is 0. The van der Waals surface area contributed by atoms with E-state index in [1.165, 1.54) is 5.57 Å². The predicted octanol–water partition coefficient (Wildman–Crippen LogP) is -0.734. The van der Waals surface area contributed by atoms with Gasteiger partial charge in [0.15, 0.2) is 0 Å². The summed E-state index contributed by atoms with van der Waals surface area (Å²) in [6.45, 7) is 7.86. The minimum Gasteiger partial charge on any atom is -0.850 e. The molecule has 0 aromatic heterocycles. The Morgan fingerprint density at radius 3 is 2.25 bits per heavy atom. The van der Waals surface area contributed by atoms with Crippen molar-refractivity contribution >= 4 is 0 Å². The van der Waals surface area contributed by atoms with E-state index in [0.717, 1.165) is 19.3 Å². The van der Waals surface area contributed by atoms with Crippen molar-refractivity contribution in [1.82, 2.24) is 0 Å². The fraction of sp³-hybridized carbons (Fsp3) is 0.800. The Morgan fingerprint density at radius 1 is 1.42 bits per heavy atom. The van der Waals surface area contributed by atoms with Crippen LogP contribution in [0.15, 0.2) is 11.6 Å². The van der Waals surface area contributed by atoms with Crippen LogP contribution in [0.25, 0.3) is 0 Å². The maximum absolute atomic E-state index is 11.4. The molecule has 66 valence electrons. The molecular formula is C10H19LiO. The molecule has 1 atom stereocenters. The van der Waals surface area contributed by atoms with Crippen LogP contribution in [0.5, 0.6) is 0 Å². The van der Waals surface area contributed by atoms with Gasteiger partial charge in [-0.05, 0) is 20.3 Å². The zero-order chi connectivity index (χ0) is 8.91. The van der Waals surface area contributed by atoms with Crippen molar-refractivity contribution in [3.63, 3.8) is 0 Å². The topological polar surface area (TPSA) is 23.1 Å². The van der Waals surface area contributed by atoms with Gasteiger partial charge in [0, 0.05) is 0 Å². The molecule has 0 spiro atoms. The minimum absolute atomic E-state index is 0. The first kappa shape index (κ1) is 14.8. The van der Waals surface area contributed by atoms with Gasteiger partial charge in [-0.1, -0.05) is 38.3 Å². The third kappa shape index (κ3) is 8.39. The van der Waals surface area contributed by atoms with Crippen LogP contribution in [0, 0.1) is 0 Å². The van der Waals surface area contributed by atoms with E-state index >= 15 is 0 Å². The molecule has 0 aliphatic heterocycles. The minimum atomic E-state index is -0.716. The Morgan fingerprint density at radius 2 is 1.92 bits per heavy atom. The van der Waals surface area contributed by atoms with E-state index in [9.17, 15) is 5.11 Å². The molecule has 0 radical (unpaired) electrons. The smallest absolute Gasteiger partial charge is 0.850 e. The van der Waals surface area contributed by atoms with Crippen LogP contribution in [0.4, 0.5) is 0 Å². The first-order valence-corrected chi connectivity index (χ1v) is 4.32. The zero-order valence-electron chi connectivity index (χ0n) is 9.11. The fourth-order valence-corrected chi connectivity index (χ4v) is 0.843. The van der Waals surface area contributed by atoms with Crippen LogP contribution in [0.2, 0.25) is 0 Å². The summed E-state index contributed by atoms with van der Waals surface area (Å²) in [4.78, 5) is 0. The summed E-state index contributed by atoms with van der Waals surface area (Å²) < 4.78 is 0. The Bertz CT molecular complexity index is 135. The van der Waals surface area contributed by atoms with E-state index in [2.05, 4.69) is 19.9 Å². The largest absolute Gasteiger partial charge is 1.00 e. The van der Waals surface area contributed by atoms with Gasteiger partial charge in [-0.2, -0.15) is 0 Å². The van der Waals surface area contributed by atoms with Crippen LogP contribution in [0.3, 0.4) is 0 Å². The molecule has 1 nitrogen and oxygen atoms in total. The molecule has 12 heavy (non-hydrogen) atoms. The maximum Gasteiger partial charge on any atom is 1.00 e. The van der Waals surface area contributed by atoms with Crippen molar-refractivity contribution in [3.05, 3.63) is 11.6 Å². The van der Waals surface area contributed by atoms with Crippen molar-refractivity contribution in [2.24, 2.45) is 0 Å². The summed E-state index contributed by atoms with van der Waals surface area (Å²) in [6, 6.07) is 0. The average molecular weight is 162 g/mol. The third-order valence-electron chi connectivity index (χ3n) is 1.97. The maximum atomic E-state index is 11.4. The first-order valence-electron chi connectivity index (χ1n) is 4.32. The number of rotatable bonds is 4. The third-order valence-corrected chi connectivity index (χ3v) is 1.97. The molecule has 0 aromatic rings. The Balaban J connectivity index is 0. The molecule has 0 aliphatic carbocycles. The van der Waals surface area contributed by atoms with E-state index in [4.69, 9.17) is 0 Å². The molecule has 2 heteroatoms. The second-order valence-corrected chi connectivity index (χ2v) is 3.62. The van der Waals surface area contributed by atoms with Crippen molar-refractivity contribution in [3.8, 4) is 0 Å². The second-order valence-electron chi connectivity index (χ2n) is 3.62. The van der Waals surface area contributed by atoms with Crippen LogP contribution in [-0.2, 0) is 0 Å². The second kappa shape index (κ2) is 6.77. The normalized spacial score (nSPS) is 14.4. The molecule has 0 rings (SSSR count). The monoisotopic (exact) mass is 162 g/mol. The van der Waals surface area contributed by atoms with Crippen molar-refractivity contribution < 1.29 is 24.0 Å². The molecule has 0 saturated carbocycles. The van der Waals surface area contributed by atoms with E-state index < -0.39 is 5.60 Å². The molecule has 1 unspecified atom stereocenters.